The van der Waals surface area contributed by atoms with Crippen molar-refractivity contribution in [3.8, 4) is 29.4 Å². The Morgan fingerprint density at radius 3 is 2.04 bits per heavy atom. The standard InChI is InChI=1S/C22H16O/c1-17-7-9-18(10-8-17)5-3-4-6-19-11-12-21-16-22(23-2)14-13-20(21)15-19/h7-16H,1-2H3. The SMILES string of the molecule is COc1ccc2cc(C#CC#Cc3ccc(C)cc3)ccc2c1. The van der Waals surface area contributed by atoms with E-state index in [0.717, 1.165) is 27.6 Å². The third-order valence-corrected chi connectivity index (χ3v) is 3.58. The van der Waals surface area contributed by atoms with E-state index in [9.17, 15) is 0 Å². The van der Waals surface area contributed by atoms with E-state index in [1.165, 1.54) is 5.56 Å². The molecule has 0 N–H and O–H groups in total. The normalized spacial score (nSPS) is 9.48. The fraction of sp³-hybridized carbons (Fsp3) is 0.0909. The Morgan fingerprint density at radius 2 is 1.30 bits per heavy atom. The van der Waals surface area contributed by atoms with E-state index < -0.39 is 0 Å². The molecule has 1 heteroatoms. The molecule has 1 nitrogen and oxygen atoms in total. The number of ether oxygens (including phenoxy) is 1. The topological polar surface area (TPSA) is 9.23 Å². The first-order valence-electron chi connectivity index (χ1n) is 7.41. The first-order chi connectivity index (χ1) is 11.2. The Balaban J connectivity index is 1.81. The van der Waals surface area contributed by atoms with Crippen molar-refractivity contribution in [3.63, 3.8) is 0 Å². The van der Waals surface area contributed by atoms with E-state index in [4.69, 9.17) is 4.74 Å². The molecule has 0 heterocycles. The quantitative estimate of drug-likeness (QED) is 0.598. The smallest absolute Gasteiger partial charge is 0.119 e. The van der Waals surface area contributed by atoms with Gasteiger partial charge < -0.3 is 4.74 Å². The zero-order valence-corrected chi connectivity index (χ0v) is 13.2. The lowest BCUT2D eigenvalue weighted by molar-refractivity contribution is 0.415. The average Bonchev–Trinajstić information content (AvgIpc) is 2.59. The molecule has 0 amide bonds. The summed E-state index contributed by atoms with van der Waals surface area (Å²) in [5, 5.41) is 2.28. The summed E-state index contributed by atoms with van der Waals surface area (Å²) >= 11 is 0. The monoisotopic (exact) mass is 296 g/mol. The molecule has 3 aromatic rings. The predicted octanol–water partition coefficient (Wildman–Crippen LogP) is 4.56. The highest BCUT2D eigenvalue weighted by Gasteiger charge is 1.97. The minimum absolute atomic E-state index is 0.861. The minimum Gasteiger partial charge on any atom is -0.497 e. The zero-order chi connectivity index (χ0) is 16.1. The molecule has 0 fully saturated rings. The number of aryl methyl sites for hydroxylation is 1. The molecule has 0 unspecified atom stereocenters. The van der Waals surface area contributed by atoms with Crippen LogP contribution in [0.1, 0.15) is 16.7 Å². The number of benzene rings is 3. The van der Waals surface area contributed by atoms with Gasteiger partial charge in [-0.25, -0.2) is 0 Å². The maximum atomic E-state index is 5.24. The van der Waals surface area contributed by atoms with Crippen molar-refractivity contribution in [1.82, 2.24) is 0 Å². The summed E-state index contributed by atoms with van der Waals surface area (Å²) in [6.45, 7) is 2.06. The second-order valence-corrected chi connectivity index (χ2v) is 5.29. The third kappa shape index (κ3) is 3.73. The Hall–Kier alpha value is -3.16. The van der Waals surface area contributed by atoms with Crippen molar-refractivity contribution in [3.05, 3.63) is 77.4 Å². The number of fused-ring (bicyclic) bond motifs is 1. The van der Waals surface area contributed by atoms with E-state index >= 15 is 0 Å². The van der Waals surface area contributed by atoms with Crippen molar-refractivity contribution < 1.29 is 4.74 Å². The van der Waals surface area contributed by atoms with Crippen LogP contribution in [0.3, 0.4) is 0 Å². The molecular formula is C22H16O. The lowest BCUT2D eigenvalue weighted by Crippen LogP contribution is -1.83. The van der Waals surface area contributed by atoms with Crippen LogP contribution in [0.25, 0.3) is 10.8 Å². The molecule has 0 aliphatic carbocycles. The Morgan fingerprint density at radius 1 is 0.696 bits per heavy atom. The molecule has 0 aliphatic heterocycles. The van der Waals surface area contributed by atoms with E-state index in [2.05, 4.69) is 54.9 Å². The summed E-state index contributed by atoms with van der Waals surface area (Å²) in [6.07, 6.45) is 0. The average molecular weight is 296 g/mol. The van der Waals surface area contributed by atoms with Crippen LogP contribution < -0.4 is 4.74 Å². The van der Waals surface area contributed by atoms with Crippen LogP contribution in [0.5, 0.6) is 5.75 Å². The molecule has 0 saturated carbocycles. The van der Waals surface area contributed by atoms with Gasteiger partial charge in [0.05, 0.1) is 7.11 Å². The summed E-state index contributed by atoms with van der Waals surface area (Å²) in [6, 6.07) is 20.2. The fourth-order valence-electron chi connectivity index (χ4n) is 2.27. The number of methoxy groups -OCH3 is 1. The summed E-state index contributed by atoms with van der Waals surface area (Å²) in [7, 11) is 1.67. The van der Waals surface area contributed by atoms with Crippen LogP contribution in [-0.2, 0) is 0 Å². The number of rotatable bonds is 1. The molecule has 0 atom stereocenters. The molecule has 0 aromatic heterocycles. The molecule has 0 bridgehead atoms. The van der Waals surface area contributed by atoms with E-state index in [0.29, 0.717) is 0 Å². The zero-order valence-electron chi connectivity index (χ0n) is 13.2. The lowest BCUT2D eigenvalue weighted by atomic mass is 10.1. The van der Waals surface area contributed by atoms with Gasteiger partial charge in [-0.05, 0) is 65.9 Å². The molecule has 23 heavy (non-hydrogen) atoms. The number of hydrogen-bond donors (Lipinski definition) is 0. The highest BCUT2D eigenvalue weighted by atomic mass is 16.5. The van der Waals surface area contributed by atoms with Gasteiger partial charge in [-0.1, -0.05) is 41.7 Å². The first kappa shape index (κ1) is 14.8. The van der Waals surface area contributed by atoms with Crippen molar-refractivity contribution >= 4 is 10.8 Å². The highest BCUT2D eigenvalue weighted by molar-refractivity contribution is 5.85. The van der Waals surface area contributed by atoms with E-state index in [1.54, 1.807) is 7.11 Å². The molecular weight excluding hydrogens is 280 g/mol. The van der Waals surface area contributed by atoms with Gasteiger partial charge in [-0.2, -0.15) is 0 Å². The van der Waals surface area contributed by atoms with E-state index in [-0.39, 0.29) is 0 Å². The van der Waals surface area contributed by atoms with Crippen molar-refractivity contribution in [1.29, 1.82) is 0 Å². The van der Waals surface area contributed by atoms with Crippen LogP contribution in [0.15, 0.2) is 60.7 Å². The van der Waals surface area contributed by atoms with Gasteiger partial charge in [0, 0.05) is 11.1 Å². The van der Waals surface area contributed by atoms with Crippen molar-refractivity contribution in [2.75, 3.05) is 7.11 Å². The molecule has 110 valence electrons. The van der Waals surface area contributed by atoms with Crippen molar-refractivity contribution in [2.45, 2.75) is 6.92 Å². The van der Waals surface area contributed by atoms with Gasteiger partial charge in [-0.3, -0.25) is 0 Å². The highest BCUT2D eigenvalue weighted by Crippen LogP contribution is 2.21. The number of hydrogen-bond acceptors (Lipinski definition) is 1. The largest absolute Gasteiger partial charge is 0.497 e. The maximum Gasteiger partial charge on any atom is 0.119 e. The molecule has 0 radical (unpaired) electrons. The van der Waals surface area contributed by atoms with Crippen LogP contribution in [-0.4, -0.2) is 7.11 Å². The molecule has 3 aromatic carbocycles. The van der Waals surface area contributed by atoms with Gasteiger partial charge in [0.15, 0.2) is 0 Å². The molecule has 3 rings (SSSR count). The second kappa shape index (κ2) is 6.73. The van der Waals surface area contributed by atoms with Crippen LogP contribution in [0, 0.1) is 30.6 Å². The van der Waals surface area contributed by atoms with Crippen LogP contribution >= 0.6 is 0 Å². The Bertz CT molecular complexity index is 958. The molecule has 0 aliphatic rings. The summed E-state index contributed by atoms with van der Waals surface area (Å²) in [4.78, 5) is 0. The van der Waals surface area contributed by atoms with Gasteiger partial charge in [-0.15, -0.1) is 0 Å². The molecule has 0 saturated heterocycles. The molecule has 0 spiro atoms. The maximum absolute atomic E-state index is 5.24. The van der Waals surface area contributed by atoms with Crippen LogP contribution in [0.4, 0.5) is 0 Å². The Labute approximate surface area is 136 Å². The van der Waals surface area contributed by atoms with Gasteiger partial charge in [0.25, 0.3) is 0 Å². The van der Waals surface area contributed by atoms with Crippen molar-refractivity contribution in [2.24, 2.45) is 0 Å². The summed E-state index contributed by atoms with van der Waals surface area (Å²) < 4.78 is 5.24. The van der Waals surface area contributed by atoms with Gasteiger partial charge in [0.1, 0.15) is 5.75 Å². The van der Waals surface area contributed by atoms with E-state index in [1.807, 2.05) is 36.4 Å². The fourth-order valence-corrected chi connectivity index (χ4v) is 2.27. The van der Waals surface area contributed by atoms with Crippen LogP contribution in [0.2, 0.25) is 0 Å². The minimum atomic E-state index is 0.861. The summed E-state index contributed by atoms with van der Waals surface area (Å²) in [5.41, 5.74) is 3.17. The summed E-state index contributed by atoms with van der Waals surface area (Å²) in [5.74, 6) is 12.8. The second-order valence-electron chi connectivity index (χ2n) is 5.29. The third-order valence-electron chi connectivity index (χ3n) is 3.58. The predicted molar refractivity (Wildman–Crippen MR) is 95.4 cm³/mol. The van der Waals surface area contributed by atoms with Gasteiger partial charge in [0.2, 0.25) is 0 Å². The van der Waals surface area contributed by atoms with Gasteiger partial charge >= 0.3 is 0 Å². The Kier molecular flexibility index (Phi) is 4.32. The first-order valence-corrected chi connectivity index (χ1v) is 7.41. The lowest BCUT2D eigenvalue weighted by Gasteiger charge is -2.02.